The fourth-order valence-corrected chi connectivity index (χ4v) is 3.70. The molecule has 3 rings (SSSR count). The standard InChI is InChI=1S/C23H27BrN2O/c1-17(25(2)3)15-26(16-19-14-20(24)12-13-23(19)27-4)22-11-7-9-18-8-5-6-10-21(18)22/h5-14,17H,15-16H2,1-4H3. The van der Waals surface area contributed by atoms with E-state index in [9.17, 15) is 0 Å². The van der Waals surface area contributed by atoms with E-state index in [4.69, 9.17) is 4.74 Å². The van der Waals surface area contributed by atoms with E-state index in [1.807, 2.05) is 12.1 Å². The predicted molar refractivity (Wildman–Crippen MR) is 119 cm³/mol. The minimum atomic E-state index is 0.419. The molecule has 0 aliphatic heterocycles. The first-order valence-electron chi connectivity index (χ1n) is 9.21. The van der Waals surface area contributed by atoms with Crippen LogP contribution in [0.4, 0.5) is 5.69 Å². The Hall–Kier alpha value is -2.04. The van der Waals surface area contributed by atoms with Crippen molar-refractivity contribution < 1.29 is 4.74 Å². The highest BCUT2D eigenvalue weighted by atomic mass is 79.9. The van der Waals surface area contributed by atoms with E-state index in [0.717, 1.165) is 23.3 Å². The third-order valence-electron chi connectivity index (χ3n) is 5.08. The van der Waals surface area contributed by atoms with Crippen molar-refractivity contribution in [2.75, 3.05) is 32.6 Å². The van der Waals surface area contributed by atoms with Crippen LogP contribution in [0.3, 0.4) is 0 Å². The highest BCUT2D eigenvalue weighted by molar-refractivity contribution is 9.10. The molecule has 0 aromatic heterocycles. The summed E-state index contributed by atoms with van der Waals surface area (Å²) in [6, 6.07) is 21.7. The van der Waals surface area contributed by atoms with Gasteiger partial charge in [0.2, 0.25) is 0 Å². The van der Waals surface area contributed by atoms with Gasteiger partial charge >= 0.3 is 0 Å². The average molecular weight is 427 g/mol. The van der Waals surface area contributed by atoms with Crippen molar-refractivity contribution in [3.05, 3.63) is 70.7 Å². The van der Waals surface area contributed by atoms with Gasteiger partial charge < -0.3 is 14.5 Å². The molecule has 0 heterocycles. The zero-order valence-corrected chi connectivity index (χ0v) is 18.0. The molecule has 3 aromatic carbocycles. The van der Waals surface area contributed by atoms with Crippen LogP contribution >= 0.6 is 15.9 Å². The Morgan fingerprint density at radius 3 is 2.48 bits per heavy atom. The van der Waals surface area contributed by atoms with Gasteiger partial charge in [0.15, 0.2) is 0 Å². The van der Waals surface area contributed by atoms with Crippen molar-refractivity contribution in [2.24, 2.45) is 0 Å². The number of hydrogen-bond acceptors (Lipinski definition) is 3. The van der Waals surface area contributed by atoms with Crippen LogP contribution in [0, 0.1) is 0 Å². The summed E-state index contributed by atoms with van der Waals surface area (Å²) in [6.07, 6.45) is 0. The van der Waals surface area contributed by atoms with Gasteiger partial charge in [-0.1, -0.05) is 52.3 Å². The summed E-state index contributed by atoms with van der Waals surface area (Å²) < 4.78 is 6.69. The van der Waals surface area contributed by atoms with Gasteiger partial charge in [-0.05, 0) is 50.7 Å². The van der Waals surface area contributed by atoms with Crippen LogP contribution in [0.5, 0.6) is 5.75 Å². The number of rotatable bonds is 7. The summed E-state index contributed by atoms with van der Waals surface area (Å²) in [7, 11) is 5.99. The van der Waals surface area contributed by atoms with Gasteiger partial charge in [0.25, 0.3) is 0 Å². The maximum absolute atomic E-state index is 5.62. The number of fused-ring (bicyclic) bond motifs is 1. The van der Waals surface area contributed by atoms with Gasteiger partial charge in [-0.25, -0.2) is 0 Å². The average Bonchev–Trinajstić information content (AvgIpc) is 2.67. The third-order valence-corrected chi connectivity index (χ3v) is 5.57. The molecule has 3 aromatic rings. The number of nitrogens with zero attached hydrogens (tertiary/aromatic N) is 2. The third kappa shape index (κ3) is 4.63. The summed E-state index contributed by atoms with van der Waals surface area (Å²) in [5.74, 6) is 0.918. The predicted octanol–water partition coefficient (Wildman–Crippen LogP) is 5.57. The molecule has 0 saturated heterocycles. The van der Waals surface area contributed by atoms with Gasteiger partial charge in [-0.15, -0.1) is 0 Å². The number of hydrogen-bond donors (Lipinski definition) is 0. The Balaban J connectivity index is 2.05. The molecular formula is C23H27BrN2O. The lowest BCUT2D eigenvalue weighted by molar-refractivity contribution is 0.314. The van der Waals surface area contributed by atoms with E-state index in [-0.39, 0.29) is 0 Å². The van der Waals surface area contributed by atoms with Crippen molar-refractivity contribution >= 4 is 32.4 Å². The summed E-state index contributed by atoms with van der Waals surface area (Å²) >= 11 is 3.60. The summed E-state index contributed by atoms with van der Waals surface area (Å²) in [6.45, 7) is 3.97. The second-order valence-electron chi connectivity index (χ2n) is 7.15. The van der Waals surface area contributed by atoms with Crippen molar-refractivity contribution in [2.45, 2.75) is 19.5 Å². The molecule has 0 N–H and O–H groups in total. The monoisotopic (exact) mass is 426 g/mol. The minimum absolute atomic E-state index is 0.419. The van der Waals surface area contributed by atoms with E-state index in [1.165, 1.54) is 22.0 Å². The van der Waals surface area contributed by atoms with Crippen molar-refractivity contribution in [1.29, 1.82) is 0 Å². The Labute approximate surface area is 170 Å². The second kappa shape index (κ2) is 8.77. The van der Waals surface area contributed by atoms with E-state index in [1.54, 1.807) is 7.11 Å². The molecule has 3 nitrogen and oxygen atoms in total. The number of ether oxygens (including phenoxy) is 1. The van der Waals surface area contributed by atoms with Crippen LogP contribution in [-0.4, -0.2) is 38.7 Å². The van der Waals surface area contributed by atoms with Gasteiger partial charge in [-0.2, -0.15) is 0 Å². The smallest absolute Gasteiger partial charge is 0.123 e. The topological polar surface area (TPSA) is 15.7 Å². The minimum Gasteiger partial charge on any atom is -0.496 e. The lowest BCUT2D eigenvalue weighted by atomic mass is 10.1. The fraction of sp³-hybridized carbons (Fsp3) is 0.304. The molecule has 0 bridgehead atoms. The van der Waals surface area contributed by atoms with Crippen LogP contribution in [0.2, 0.25) is 0 Å². The number of likely N-dealkylation sites (N-methyl/N-ethyl adjacent to an activating group) is 1. The van der Waals surface area contributed by atoms with E-state index >= 15 is 0 Å². The molecule has 1 unspecified atom stereocenters. The van der Waals surface area contributed by atoms with Crippen LogP contribution in [0.1, 0.15) is 12.5 Å². The molecule has 4 heteroatoms. The highest BCUT2D eigenvalue weighted by Gasteiger charge is 2.17. The number of benzene rings is 3. The zero-order chi connectivity index (χ0) is 19.4. The highest BCUT2D eigenvalue weighted by Crippen LogP contribution is 2.31. The molecule has 0 aliphatic carbocycles. The fourth-order valence-electron chi connectivity index (χ4n) is 3.29. The van der Waals surface area contributed by atoms with Gasteiger partial charge in [0.1, 0.15) is 5.75 Å². The van der Waals surface area contributed by atoms with Gasteiger partial charge in [0.05, 0.1) is 7.11 Å². The second-order valence-corrected chi connectivity index (χ2v) is 8.06. The van der Waals surface area contributed by atoms with E-state index in [0.29, 0.717) is 6.04 Å². The molecular weight excluding hydrogens is 400 g/mol. The molecule has 0 aliphatic rings. The summed E-state index contributed by atoms with van der Waals surface area (Å²) in [4.78, 5) is 4.72. The first-order valence-corrected chi connectivity index (χ1v) is 10.0. The molecule has 1 atom stereocenters. The van der Waals surface area contributed by atoms with Crippen LogP contribution < -0.4 is 9.64 Å². The van der Waals surface area contributed by atoms with Crippen molar-refractivity contribution in [3.8, 4) is 5.75 Å². The van der Waals surface area contributed by atoms with Gasteiger partial charge in [-0.3, -0.25) is 0 Å². The molecule has 0 saturated carbocycles. The summed E-state index contributed by atoms with van der Waals surface area (Å²) in [5.41, 5.74) is 2.43. The quantitative estimate of drug-likeness (QED) is 0.491. The van der Waals surface area contributed by atoms with Crippen molar-refractivity contribution in [1.82, 2.24) is 4.90 Å². The molecule has 142 valence electrons. The van der Waals surface area contributed by atoms with Crippen LogP contribution in [-0.2, 0) is 6.54 Å². The first-order chi connectivity index (χ1) is 13.0. The maximum atomic E-state index is 5.62. The molecule has 0 radical (unpaired) electrons. The maximum Gasteiger partial charge on any atom is 0.123 e. The van der Waals surface area contributed by atoms with Crippen molar-refractivity contribution in [3.63, 3.8) is 0 Å². The lowest BCUT2D eigenvalue weighted by Gasteiger charge is -2.32. The van der Waals surface area contributed by atoms with E-state index < -0.39 is 0 Å². The zero-order valence-electron chi connectivity index (χ0n) is 16.4. The van der Waals surface area contributed by atoms with E-state index in [2.05, 4.69) is 95.3 Å². The Morgan fingerprint density at radius 1 is 1.00 bits per heavy atom. The van der Waals surface area contributed by atoms with Crippen LogP contribution in [0.25, 0.3) is 10.8 Å². The molecule has 0 spiro atoms. The van der Waals surface area contributed by atoms with Gasteiger partial charge in [0, 0.05) is 40.2 Å². The molecule has 27 heavy (non-hydrogen) atoms. The number of halogens is 1. The Kier molecular flexibility index (Phi) is 6.40. The number of anilines is 1. The largest absolute Gasteiger partial charge is 0.496 e. The SMILES string of the molecule is COc1ccc(Br)cc1CN(CC(C)N(C)C)c1cccc2ccccc12. The lowest BCUT2D eigenvalue weighted by Crippen LogP contribution is -2.38. The first kappa shape index (κ1) is 19.7. The molecule has 0 amide bonds. The Bertz CT molecular complexity index is 905. The summed E-state index contributed by atoms with van der Waals surface area (Å²) in [5, 5.41) is 2.54. The molecule has 0 fully saturated rings. The normalized spacial score (nSPS) is 12.4. The van der Waals surface area contributed by atoms with Crippen LogP contribution in [0.15, 0.2) is 65.1 Å². The number of methoxy groups -OCH3 is 1. The Morgan fingerprint density at radius 2 is 1.74 bits per heavy atom.